The minimum Gasteiger partial charge on any atom is -0.462 e. The maximum atomic E-state index is 11.8. The molecule has 0 aromatic carbocycles. The Morgan fingerprint density at radius 2 is 2.04 bits per heavy atom. The van der Waals surface area contributed by atoms with Crippen LogP contribution < -0.4 is 0 Å². The van der Waals surface area contributed by atoms with Crippen molar-refractivity contribution < 1.29 is 14.3 Å². The van der Waals surface area contributed by atoms with E-state index in [9.17, 15) is 9.59 Å². The zero-order valence-corrected chi connectivity index (χ0v) is 15.2. The Morgan fingerprint density at radius 3 is 2.79 bits per heavy atom. The number of ketones is 1. The van der Waals surface area contributed by atoms with Gasteiger partial charge in [0, 0.05) is 18.8 Å². The molecule has 24 heavy (non-hydrogen) atoms. The van der Waals surface area contributed by atoms with Gasteiger partial charge < -0.3 is 4.74 Å². The summed E-state index contributed by atoms with van der Waals surface area (Å²) in [6.07, 6.45) is 9.62. The van der Waals surface area contributed by atoms with Gasteiger partial charge in [0.25, 0.3) is 0 Å². The van der Waals surface area contributed by atoms with Crippen LogP contribution in [-0.2, 0) is 14.3 Å². The second-order valence-corrected chi connectivity index (χ2v) is 9.08. The van der Waals surface area contributed by atoms with Crippen LogP contribution in [0.15, 0.2) is 11.6 Å². The van der Waals surface area contributed by atoms with Gasteiger partial charge in [-0.05, 0) is 74.2 Å². The first-order valence-electron chi connectivity index (χ1n) is 9.80. The van der Waals surface area contributed by atoms with Crippen molar-refractivity contribution in [3.05, 3.63) is 11.6 Å². The van der Waals surface area contributed by atoms with Crippen molar-refractivity contribution >= 4 is 11.8 Å². The van der Waals surface area contributed by atoms with Crippen LogP contribution in [0.5, 0.6) is 0 Å². The monoisotopic (exact) mass is 330 g/mol. The summed E-state index contributed by atoms with van der Waals surface area (Å²) in [5.74, 6) is 3.64. The molecule has 3 nitrogen and oxygen atoms in total. The Hall–Kier alpha value is -1.12. The molecule has 0 amide bonds. The molecule has 3 heteroatoms. The van der Waals surface area contributed by atoms with Gasteiger partial charge in [0.15, 0.2) is 5.78 Å². The SMILES string of the molecule is CC(=O)O[C@@H]1CC[C@@H]2[C@@H]3[C@H](CC[C@]21C)[C@H]1CCC(=O)C=C1C[C@H]3C. The molecule has 0 aromatic heterocycles. The standard InChI is InChI=1S/C21H30O3/c1-12-10-14-11-15(23)4-5-16(14)17-8-9-21(3)18(20(12)17)6-7-19(21)24-13(2)22/h11-12,16-20H,4-10H2,1-3H3/t12-,16+,17-,18-,19-,20+,21-/m1/s1. The van der Waals surface area contributed by atoms with E-state index in [1.165, 1.54) is 24.8 Å². The summed E-state index contributed by atoms with van der Waals surface area (Å²) < 4.78 is 5.72. The molecule has 0 saturated heterocycles. The van der Waals surface area contributed by atoms with Crippen molar-refractivity contribution in [1.82, 2.24) is 0 Å². The average Bonchev–Trinajstić information content (AvgIpc) is 2.83. The Bertz CT molecular complexity index is 592. The van der Waals surface area contributed by atoms with Crippen molar-refractivity contribution in [2.75, 3.05) is 0 Å². The van der Waals surface area contributed by atoms with Gasteiger partial charge in [-0.25, -0.2) is 0 Å². The van der Waals surface area contributed by atoms with Gasteiger partial charge in [-0.3, -0.25) is 9.59 Å². The van der Waals surface area contributed by atoms with Crippen LogP contribution in [-0.4, -0.2) is 17.9 Å². The summed E-state index contributed by atoms with van der Waals surface area (Å²) in [6.45, 7) is 6.30. The molecule has 4 rings (SSSR count). The van der Waals surface area contributed by atoms with Crippen LogP contribution in [0.1, 0.15) is 65.7 Å². The summed E-state index contributed by atoms with van der Waals surface area (Å²) in [6, 6.07) is 0. The highest BCUT2D eigenvalue weighted by Gasteiger charge is 2.58. The van der Waals surface area contributed by atoms with Crippen molar-refractivity contribution in [2.45, 2.75) is 71.8 Å². The molecule has 0 radical (unpaired) electrons. The summed E-state index contributed by atoms with van der Waals surface area (Å²) in [4.78, 5) is 23.4. The molecule has 0 heterocycles. The number of fused-ring (bicyclic) bond motifs is 5. The van der Waals surface area contributed by atoms with Crippen LogP contribution in [0.2, 0.25) is 0 Å². The van der Waals surface area contributed by atoms with Gasteiger partial charge in [-0.15, -0.1) is 0 Å². The predicted octanol–water partition coefficient (Wildman–Crippen LogP) is 4.31. The first-order chi connectivity index (χ1) is 11.4. The first kappa shape index (κ1) is 16.4. The molecule has 7 atom stereocenters. The third kappa shape index (κ3) is 2.38. The lowest BCUT2D eigenvalue weighted by molar-refractivity contribution is -0.157. The summed E-state index contributed by atoms with van der Waals surface area (Å²) >= 11 is 0. The van der Waals surface area contributed by atoms with Crippen LogP contribution in [0, 0.1) is 35.0 Å². The fraction of sp³-hybridized carbons (Fsp3) is 0.810. The van der Waals surface area contributed by atoms with E-state index in [0.717, 1.165) is 37.5 Å². The number of esters is 1. The maximum Gasteiger partial charge on any atom is 0.302 e. The van der Waals surface area contributed by atoms with Gasteiger partial charge in [-0.2, -0.15) is 0 Å². The van der Waals surface area contributed by atoms with E-state index in [0.29, 0.717) is 23.5 Å². The number of allylic oxidation sites excluding steroid dienone is 1. The number of carbonyl (C=O) groups excluding carboxylic acids is 2. The van der Waals surface area contributed by atoms with Gasteiger partial charge >= 0.3 is 5.97 Å². The molecule has 4 aliphatic rings. The third-order valence-electron chi connectivity index (χ3n) is 7.86. The number of hydrogen-bond acceptors (Lipinski definition) is 3. The number of hydrogen-bond donors (Lipinski definition) is 0. The van der Waals surface area contributed by atoms with Crippen molar-refractivity contribution in [3.63, 3.8) is 0 Å². The summed E-state index contributed by atoms with van der Waals surface area (Å²) in [5, 5.41) is 0. The Kier molecular flexibility index (Phi) is 3.89. The smallest absolute Gasteiger partial charge is 0.302 e. The van der Waals surface area contributed by atoms with Gasteiger partial charge in [0.2, 0.25) is 0 Å². The lowest BCUT2D eigenvalue weighted by Gasteiger charge is -2.55. The summed E-state index contributed by atoms with van der Waals surface area (Å²) in [7, 11) is 0. The minimum atomic E-state index is -0.128. The normalized spacial score (nSPS) is 47.3. The molecular weight excluding hydrogens is 300 g/mol. The zero-order valence-electron chi connectivity index (χ0n) is 15.2. The highest BCUT2D eigenvalue weighted by molar-refractivity contribution is 5.91. The molecule has 0 N–H and O–H groups in total. The summed E-state index contributed by atoms with van der Waals surface area (Å²) in [5.41, 5.74) is 1.60. The average molecular weight is 330 g/mol. The van der Waals surface area contributed by atoms with E-state index in [4.69, 9.17) is 4.74 Å². The fourth-order valence-corrected chi connectivity index (χ4v) is 6.93. The molecule has 3 fully saturated rings. The second kappa shape index (κ2) is 5.71. The van der Waals surface area contributed by atoms with Crippen LogP contribution in [0.4, 0.5) is 0 Å². The Balaban J connectivity index is 1.62. The third-order valence-corrected chi connectivity index (χ3v) is 7.86. The second-order valence-electron chi connectivity index (χ2n) is 9.08. The fourth-order valence-electron chi connectivity index (χ4n) is 6.93. The molecule has 0 spiro atoms. The number of rotatable bonds is 1. The van der Waals surface area contributed by atoms with Gasteiger partial charge in [-0.1, -0.05) is 19.4 Å². The maximum absolute atomic E-state index is 11.8. The molecule has 0 aliphatic heterocycles. The Morgan fingerprint density at radius 1 is 1.25 bits per heavy atom. The first-order valence-corrected chi connectivity index (χ1v) is 9.80. The molecule has 3 saturated carbocycles. The molecular formula is C21H30O3. The van der Waals surface area contributed by atoms with Crippen LogP contribution in [0.25, 0.3) is 0 Å². The predicted molar refractivity (Wildman–Crippen MR) is 92.2 cm³/mol. The van der Waals surface area contributed by atoms with Crippen LogP contribution in [0.3, 0.4) is 0 Å². The zero-order chi connectivity index (χ0) is 17.1. The quantitative estimate of drug-likeness (QED) is 0.673. The number of carbonyl (C=O) groups is 2. The molecule has 0 unspecified atom stereocenters. The highest BCUT2D eigenvalue weighted by atomic mass is 16.5. The van der Waals surface area contributed by atoms with E-state index in [1.54, 1.807) is 6.92 Å². The van der Waals surface area contributed by atoms with Crippen molar-refractivity contribution in [1.29, 1.82) is 0 Å². The van der Waals surface area contributed by atoms with E-state index in [-0.39, 0.29) is 17.5 Å². The molecule has 0 bridgehead atoms. The van der Waals surface area contributed by atoms with E-state index in [2.05, 4.69) is 13.8 Å². The van der Waals surface area contributed by atoms with Crippen molar-refractivity contribution in [3.8, 4) is 0 Å². The Labute approximate surface area is 145 Å². The lowest BCUT2D eigenvalue weighted by Crippen LogP contribution is -2.50. The van der Waals surface area contributed by atoms with Gasteiger partial charge in [0.1, 0.15) is 6.10 Å². The van der Waals surface area contributed by atoms with E-state index in [1.807, 2.05) is 6.08 Å². The highest BCUT2D eigenvalue weighted by Crippen LogP contribution is 2.63. The van der Waals surface area contributed by atoms with Crippen molar-refractivity contribution in [2.24, 2.45) is 35.0 Å². The topological polar surface area (TPSA) is 43.4 Å². The number of ether oxygens (including phenoxy) is 1. The molecule has 132 valence electrons. The van der Waals surface area contributed by atoms with E-state index < -0.39 is 0 Å². The lowest BCUT2D eigenvalue weighted by atomic mass is 9.49. The largest absolute Gasteiger partial charge is 0.462 e. The molecule has 0 aromatic rings. The van der Waals surface area contributed by atoms with E-state index >= 15 is 0 Å². The minimum absolute atomic E-state index is 0.109. The molecule has 4 aliphatic carbocycles. The van der Waals surface area contributed by atoms with Crippen LogP contribution >= 0.6 is 0 Å². The van der Waals surface area contributed by atoms with Gasteiger partial charge in [0.05, 0.1) is 0 Å².